The number of hydrogen-bond donors (Lipinski definition) is 5. The van der Waals surface area contributed by atoms with Gasteiger partial charge in [0, 0.05) is 18.5 Å². The fourth-order valence-electron chi connectivity index (χ4n) is 1.70. The van der Waals surface area contributed by atoms with E-state index in [-0.39, 0.29) is 29.1 Å². The smallest absolute Gasteiger partial charge is 0.222 e. The van der Waals surface area contributed by atoms with Gasteiger partial charge in [0.25, 0.3) is 0 Å². The molecule has 0 radical (unpaired) electrons. The van der Waals surface area contributed by atoms with Crippen LogP contribution in [0.3, 0.4) is 0 Å². The molecule has 0 aliphatic carbocycles. The van der Waals surface area contributed by atoms with E-state index in [4.69, 9.17) is 10.5 Å². The standard InChI is InChI=1S/C15H24N2O5/c1-9(2)15(21)17-7-3-4-12(19)14(16)22-10-5-6-11(18)13(20)8-10/h5-6,8-9,12,14,18-20H,3-4,7,16H2,1-2H3,(H,17,21). The predicted octanol–water partition coefficient (Wildman–Crippen LogP) is 0.675. The molecule has 0 spiro atoms. The van der Waals surface area contributed by atoms with Crippen molar-refractivity contribution in [3.8, 4) is 17.2 Å². The van der Waals surface area contributed by atoms with E-state index in [0.717, 1.165) is 0 Å². The van der Waals surface area contributed by atoms with Gasteiger partial charge in [-0.3, -0.25) is 10.5 Å². The van der Waals surface area contributed by atoms with E-state index in [1.807, 2.05) is 0 Å². The van der Waals surface area contributed by atoms with Gasteiger partial charge in [0.05, 0.1) is 0 Å². The van der Waals surface area contributed by atoms with Crippen molar-refractivity contribution in [3.63, 3.8) is 0 Å². The quantitative estimate of drug-likeness (QED) is 0.273. The Morgan fingerprint density at radius 3 is 2.59 bits per heavy atom. The number of rotatable bonds is 8. The highest BCUT2D eigenvalue weighted by atomic mass is 16.5. The third-order valence-corrected chi connectivity index (χ3v) is 3.10. The zero-order chi connectivity index (χ0) is 16.7. The molecule has 0 aliphatic heterocycles. The summed E-state index contributed by atoms with van der Waals surface area (Å²) < 4.78 is 5.30. The molecule has 1 amide bonds. The summed E-state index contributed by atoms with van der Waals surface area (Å²) in [6.45, 7) is 4.07. The van der Waals surface area contributed by atoms with Crippen LogP contribution in [-0.4, -0.2) is 40.1 Å². The Morgan fingerprint density at radius 1 is 1.32 bits per heavy atom. The molecule has 0 aliphatic rings. The minimum Gasteiger partial charge on any atom is -0.504 e. The van der Waals surface area contributed by atoms with Crippen molar-refractivity contribution < 1.29 is 24.9 Å². The number of phenols is 2. The van der Waals surface area contributed by atoms with E-state index in [1.54, 1.807) is 13.8 Å². The Bertz CT molecular complexity index is 493. The fourth-order valence-corrected chi connectivity index (χ4v) is 1.70. The Morgan fingerprint density at radius 2 is 2.00 bits per heavy atom. The van der Waals surface area contributed by atoms with Gasteiger partial charge in [0.2, 0.25) is 5.91 Å². The third-order valence-electron chi connectivity index (χ3n) is 3.10. The second-order valence-corrected chi connectivity index (χ2v) is 5.39. The van der Waals surface area contributed by atoms with Crippen molar-refractivity contribution in [2.75, 3.05) is 6.54 Å². The summed E-state index contributed by atoms with van der Waals surface area (Å²) in [7, 11) is 0. The van der Waals surface area contributed by atoms with Gasteiger partial charge in [-0.15, -0.1) is 0 Å². The third kappa shape index (κ3) is 5.79. The van der Waals surface area contributed by atoms with E-state index in [2.05, 4.69) is 5.32 Å². The Labute approximate surface area is 129 Å². The molecule has 0 saturated heterocycles. The molecule has 2 unspecified atom stereocenters. The number of aromatic hydroxyl groups is 2. The van der Waals surface area contributed by atoms with E-state index in [9.17, 15) is 20.1 Å². The van der Waals surface area contributed by atoms with Crippen molar-refractivity contribution in [3.05, 3.63) is 18.2 Å². The van der Waals surface area contributed by atoms with E-state index >= 15 is 0 Å². The maximum Gasteiger partial charge on any atom is 0.222 e. The molecule has 1 rings (SSSR count). The number of ether oxygens (including phenoxy) is 1. The van der Waals surface area contributed by atoms with E-state index < -0.39 is 12.3 Å². The number of amides is 1. The summed E-state index contributed by atoms with van der Waals surface area (Å²) >= 11 is 0. The zero-order valence-electron chi connectivity index (χ0n) is 12.8. The molecule has 0 heterocycles. The first kappa shape index (κ1) is 18.1. The minimum atomic E-state index is -0.968. The number of nitrogens with one attached hydrogen (secondary N) is 1. The zero-order valence-corrected chi connectivity index (χ0v) is 12.8. The molecule has 7 heteroatoms. The van der Waals surface area contributed by atoms with E-state index in [0.29, 0.717) is 19.4 Å². The second kappa shape index (κ2) is 8.45. The minimum absolute atomic E-state index is 0.0328. The highest BCUT2D eigenvalue weighted by Gasteiger charge is 2.17. The number of hydrogen-bond acceptors (Lipinski definition) is 6. The van der Waals surface area contributed by atoms with Crippen molar-refractivity contribution in [2.24, 2.45) is 11.7 Å². The number of aliphatic hydroxyl groups excluding tert-OH is 1. The SMILES string of the molecule is CC(C)C(=O)NCCCC(O)C(N)Oc1ccc(O)c(O)c1. The first-order valence-corrected chi connectivity index (χ1v) is 7.21. The molecule has 0 saturated carbocycles. The van der Waals surface area contributed by atoms with Crippen molar-refractivity contribution in [1.82, 2.24) is 5.32 Å². The van der Waals surface area contributed by atoms with Crippen LogP contribution in [0.5, 0.6) is 17.2 Å². The molecule has 1 aromatic carbocycles. The molecule has 22 heavy (non-hydrogen) atoms. The van der Waals surface area contributed by atoms with E-state index in [1.165, 1.54) is 18.2 Å². The lowest BCUT2D eigenvalue weighted by Crippen LogP contribution is -2.40. The molecular formula is C15H24N2O5. The average molecular weight is 312 g/mol. The summed E-state index contributed by atoms with van der Waals surface area (Å²) in [5.74, 6) is -0.444. The van der Waals surface area contributed by atoms with Gasteiger partial charge in [-0.1, -0.05) is 13.8 Å². The monoisotopic (exact) mass is 312 g/mol. The molecular weight excluding hydrogens is 288 g/mol. The molecule has 1 aromatic rings. The Hall–Kier alpha value is -1.99. The van der Waals surface area contributed by atoms with Crippen LogP contribution in [0.4, 0.5) is 0 Å². The Kier molecular flexibility index (Phi) is 6.94. The largest absolute Gasteiger partial charge is 0.504 e. The molecule has 6 N–H and O–H groups in total. The summed E-state index contributed by atoms with van der Waals surface area (Å²) in [6, 6.07) is 3.92. The van der Waals surface area contributed by atoms with Crippen molar-refractivity contribution in [1.29, 1.82) is 0 Å². The van der Waals surface area contributed by atoms with Crippen LogP contribution < -0.4 is 15.8 Å². The lowest BCUT2D eigenvalue weighted by molar-refractivity contribution is -0.124. The van der Waals surface area contributed by atoms with Crippen LogP contribution in [0.1, 0.15) is 26.7 Å². The van der Waals surface area contributed by atoms with Gasteiger partial charge >= 0.3 is 0 Å². The fraction of sp³-hybridized carbons (Fsp3) is 0.533. The molecule has 0 bridgehead atoms. The highest BCUT2D eigenvalue weighted by Crippen LogP contribution is 2.29. The predicted molar refractivity (Wildman–Crippen MR) is 81.5 cm³/mol. The van der Waals surface area contributed by atoms with Crippen LogP contribution in [0.25, 0.3) is 0 Å². The number of aliphatic hydroxyl groups is 1. The number of benzene rings is 1. The Balaban J connectivity index is 2.34. The number of carbonyl (C=O) groups excluding carboxylic acids is 1. The van der Waals surface area contributed by atoms with Gasteiger partial charge in [-0.05, 0) is 25.0 Å². The van der Waals surface area contributed by atoms with Gasteiger partial charge in [-0.2, -0.15) is 0 Å². The van der Waals surface area contributed by atoms with Crippen molar-refractivity contribution >= 4 is 5.91 Å². The number of carbonyl (C=O) groups is 1. The second-order valence-electron chi connectivity index (χ2n) is 5.39. The summed E-state index contributed by atoms with van der Waals surface area (Å²) in [4.78, 5) is 11.4. The normalized spacial score (nSPS) is 13.7. The molecule has 2 atom stereocenters. The maximum atomic E-state index is 11.4. The van der Waals surface area contributed by atoms with Crippen LogP contribution in [-0.2, 0) is 4.79 Å². The molecule has 124 valence electrons. The van der Waals surface area contributed by atoms with Crippen LogP contribution in [0.15, 0.2) is 18.2 Å². The van der Waals surface area contributed by atoms with Gasteiger partial charge in [-0.25, -0.2) is 0 Å². The average Bonchev–Trinajstić information content (AvgIpc) is 2.46. The topological polar surface area (TPSA) is 125 Å². The lowest BCUT2D eigenvalue weighted by Gasteiger charge is -2.20. The first-order valence-electron chi connectivity index (χ1n) is 7.21. The molecule has 0 fully saturated rings. The molecule has 0 aromatic heterocycles. The number of nitrogens with two attached hydrogens (primary N) is 1. The highest BCUT2D eigenvalue weighted by molar-refractivity contribution is 5.77. The maximum absolute atomic E-state index is 11.4. The summed E-state index contributed by atoms with van der Waals surface area (Å²) in [5.41, 5.74) is 5.72. The van der Waals surface area contributed by atoms with Crippen molar-refractivity contribution in [2.45, 2.75) is 39.0 Å². The molecule has 7 nitrogen and oxygen atoms in total. The van der Waals surface area contributed by atoms with Gasteiger partial charge in [0.1, 0.15) is 11.9 Å². The van der Waals surface area contributed by atoms with Crippen LogP contribution in [0, 0.1) is 5.92 Å². The number of phenolic OH excluding ortho intramolecular Hbond substituents is 2. The summed E-state index contributed by atoms with van der Waals surface area (Å²) in [6.07, 6.45) is -0.946. The van der Waals surface area contributed by atoms with Crippen LogP contribution in [0.2, 0.25) is 0 Å². The van der Waals surface area contributed by atoms with Crippen LogP contribution >= 0.6 is 0 Å². The van der Waals surface area contributed by atoms with Gasteiger partial charge in [0.15, 0.2) is 17.7 Å². The first-order chi connectivity index (χ1) is 10.3. The lowest BCUT2D eigenvalue weighted by atomic mass is 10.1. The summed E-state index contributed by atoms with van der Waals surface area (Å²) in [5, 5.41) is 31.2. The van der Waals surface area contributed by atoms with Gasteiger partial charge < -0.3 is 25.4 Å².